The molecule has 1 atom stereocenters. The second kappa shape index (κ2) is 7.68. The van der Waals surface area contributed by atoms with Crippen LogP contribution in [0.4, 0.5) is 0 Å². The Morgan fingerprint density at radius 1 is 1.04 bits per heavy atom. The molecule has 2 heterocycles. The summed E-state index contributed by atoms with van der Waals surface area (Å²) in [5, 5.41) is 13.7. The summed E-state index contributed by atoms with van der Waals surface area (Å²) in [5.41, 5.74) is 3.51. The summed E-state index contributed by atoms with van der Waals surface area (Å²) in [5.74, 6) is 0.806. The first-order valence-corrected chi connectivity index (χ1v) is 9.33. The van der Waals surface area contributed by atoms with Crippen LogP contribution in [0.15, 0.2) is 36.5 Å². The molecule has 5 heteroatoms. The highest BCUT2D eigenvalue weighted by Gasteiger charge is 2.26. The minimum absolute atomic E-state index is 0.0980. The van der Waals surface area contributed by atoms with Crippen molar-refractivity contribution in [1.82, 2.24) is 14.7 Å². The zero-order valence-corrected chi connectivity index (χ0v) is 14.7. The van der Waals surface area contributed by atoms with E-state index in [4.69, 9.17) is 4.74 Å². The van der Waals surface area contributed by atoms with Gasteiger partial charge < -0.3 is 9.84 Å². The van der Waals surface area contributed by atoms with E-state index in [0.29, 0.717) is 6.04 Å². The van der Waals surface area contributed by atoms with Gasteiger partial charge in [0.15, 0.2) is 0 Å². The molecule has 1 N–H and O–H groups in total. The van der Waals surface area contributed by atoms with E-state index in [2.05, 4.69) is 32.9 Å². The molecule has 134 valence electrons. The van der Waals surface area contributed by atoms with Gasteiger partial charge in [-0.05, 0) is 42.4 Å². The van der Waals surface area contributed by atoms with Crippen LogP contribution in [0.25, 0.3) is 0 Å². The van der Waals surface area contributed by atoms with Crippen molar-refractivity contribution in [2.24, 2.45) is 5.92 Å². The lowest BCUT2D eigenvalue weighted by atomic mass is 10.1. The molecule has 2 aliphatic rings. The van der Waals surface area contributed by atoms with Gasteiger partial charge in [0.25, 0.3) is 0 Å². The highest BCUT2D eigenvalue weighted by Crippen LogP contribution is 2.29. The lowest BCUT2D eigenvalue weighted by Gasteiger charge is -2.29. The van der Waals surface area contributed by atoms with Gasteiger partial charge in [0.05, 0.1) is 18.9 Å². The second-order valence-electron chi connectivity index (χ2n) is 7.35. The fourth-order valence-corrected chi connectivity index (χ4v) is 3.50. The quantitative estimate of drug-likeness (QED) is 0.841. The Morgan fingerprint density at radius 3 is 2.60 bits per heavy atom. The zero-order valence-electron chi connectivity index (χ0n) is 14.7. The molecule has 1 fully saturated rings. The predicted molar refractivity (Wildman–Crippen MR) is 95.8 cm³/mol. The van der Waals surface area contributed by atoms with Crippen molar-refractivity contribution < 1.29 is 9.84 Å². The number of benzene rings is 1. The number of nitrogens with zero attached hydrogens (tertiary/aromatic N) is 3. The van der Waals surface area contributed by atoms with Gasteiger partial charge >= 0.3 is 0 Å². The number of aliphatic hydroxyl groups excluding tert-OH is 1. The van der Waals surface area contributed by atoms with Crippen LogP contribution in [0.5, 0.6) is 0 Å². The Balaban J connectivity index is 1.45. The largest absolute Gasteiger partial charge is 0.392 e. The third-order valence-electron chi connectivity index (χ3n) is 5.31. The molecule has 1 saturated carbocycles. The van der Waals surface area contributed by atoms with Gasteiger partial charge in [-0.2, -0.15) is 5.10 Å². The van der Waals surface area contributed by atoms with Gasteiger partial charge in [-0.15, -0.1) is 0 Å². The average Bonchev–Trinajstić information content (AvgIpc) is 3.39. The maximum atomic E-state index is 9.23. The summed E-state index contributed by atoms with van der Waals surface area (Å²) in [6.45, 7) is 4.57. The smallest absolute Gasteiger partial charge is 0.0681 e. The number of ether oxygens (including phenoxy) is 1. The lowest BCUT2D eigenvalue weighted by Crippen LogP contribution is -2.37. The van der Waals surface area contributed by atoms with Gasteiger partial charge in [0.2, 0.25) is 0 Å². The van der Waals surface area contributed by atoms with Crippen molar-refractivity contribution in [2.45, 2.75) is 51.5 Å². The standard InChI is InChI=1S/C20H27N3O2/c24-13-17-3-1-16(2-4-17)11-22-12-19-7-9-21-23(19)10-8-20(22)15-25-14-18-5-6-18/h1-4,7,9,18,20,24H,5-6,8,10-15H2/t20-/m0/s1. The number of rotatable bonds is 7. The van der Waals surface area contributed by atoms with E-state index < -0.39 is 0 Å². The number of aryl methyl sites for hydroxylation is 1. The summed E-state index contributed by atoms with van der Waals surface area (Å²) >= 11 is 0. The highest BCUT2D eigenvalue weighted by atomic mass is 16.5. The van der Waals surface area contributed by atoms with Crippen LogP contribution in [0.3, 0.4) is 0 Å². The molecule has 0 radical (unpaired) electrons. The minimum Gasteiger partial charge on any atom is -0.392 e. The van der Waals surface area contributed by atoms with Crippen molar-refractivity contribution in [3.05, 3.63) is 53.3 Å². The number of aromatic nitrogens is 2. The van der Waals surface area contributed by atoms with Crippen LogP contribution in [0.2, 0.25) is 0 Å². The molecule has 4 rings (SSSR count). The van der Waals surface area contributed by atoms with Crippen LogP contribution < -0.4 is 0 Å². The molecule has 0 saturated heterocycles. The summed E-state index contributed by atoms with van der Waals surface area (Å²) in [7, 11) is 0. The molecule has 2 aromatic rings. The molecule has 1 aliphatic heterocycles. The van der Waals surface area contributed by atoms with Gasteiger partial charge in [-0.3, -0.25) is 9.58 Å². The molecular weight excluding hydrogens is 314 g/mol. The van der Waals surface area contributed by atoms with Crippen LogP contribution in [0, 0.1) is 5.92 Å². The Labute approximate surface area is 149 Å². The molecular formula is C20H27N3O2. The normalized spacial score (nSPS) is 21.1. The van der Waals surface area contributed by atoms with E-state index in [1.54, 1.807) is 0 Å². The van der Waals surface area contributed by atoms with Crippen LogP contribution in [-0.2, 0) is 31.0 Å². The summed E-state index contributed by atoms with van der Waals surface area (Å²) in [4.78, 5) is 2.52. The van der Waals surface area contributed by atoms with Gasteiger partial charge in [0, 0.05) is 38.5 Å². The SMILES string of the molecule is OCc1ccc(CN2Cc3ccnn3CC[C@H]2COCC2CC2)cc1. The van der Waals surface area contributed by atoms with E-state index in [-0.39, 0.29) is 6.61 Å². The topological polar surface area (TPSA) is 50.5 Å². The number of aliphatic hydroxyl groups is 1. The van der Waals surface area contributed by atoms with Crippen molar-refractivity contribution in [3.63, 3.8) is 0 Å². The van der Waals surface area contributed by atoms with E-state index in [0.717, 1.165) is 50.8 Å². The third-order valence-corrected chi connectivity index (χ3v) is 5.31. The molecule has 5 nitrogen and oxygen atoms in total. The second-order valence-corrected chi connectivity index (χ2v) is 7.35. The van der Waals surface area contributed by atoms with Crippen LogP contribution >= 0.6 is 0 Å². The first kappa shape index (κ1) is 16.8. The average molecular weight is 341 g/mol. The van der Waals surface area contributed by atoms with E-state index in [9.17, 15) is 5.11 Å². The Hall–Kier alpha value is -1.69. The van der Waals surface area contributed by atoms with Gasteiger partial charge in [-0.1, -0.05) is 24.3 Å². The number of fused-ring (bicyclic) bond motifs is 1. The predicted octanol–water partition coefficient (Wildman–Crippen LogP) is 2.58. The molecule has 0 amide bonds. The highest BCUT2D eigenvalue weighted by molar-refractivity contribution is 5.22. The zero-order chi connectivity index (χ0) is 17.1. The van der Waals surface area contributed by atoms with Gasteiger partial charge in [-0.25, -0.2) is 0 Å². The molecule has 0 unspecified atom stereocenters. The van der Waals surface area contributed by atoms with E-state index in [1.807, 2.05) is 18.3 Å². The Morgan fingerprint density at radius 2 is 1.84 bits per heavy atom. The monoisotopic (exact) mass is 341 g/mol. The summed E-state index contributed by atoms with van der Waals surface area (Å²) in [6, 6.07) is 10.8. The molecule has 25 heavy (non-hydrogen) atoms. The molecule has 0 bridgehead atoms. The van der Waals surface area contributed by atoms with E-state index in [1.165, 1.54) is 24.1 Å². The van der Waals surface area contributed by atoms with Crippen molar-refractivity contribution in [3.8, 4) is 0 Å². The van der Waals surface area contributed by atoms with Crippen LogP contribution in [-0.4, -0.2) is 39.0 Å². The van der Waals surface area contributed by atoms with E-state index >= 15 is 0 Å². The van der Waals surface area contributed by atoms with Crippen LogP contribution in [0.1, 0.15) is 36.1 Å². The molecule has 1 aliphatic carbocycles. The first-order chi connectivity index (χ1) is 12.3. The van der Waals surface area contributed by atoms with Crippen molar-refractivity contribution in [1.29, 1.82) is 0 Å². The third kappa shape index (κ3) is 4.29. The fourth-order valence-electron chi connectivity index (χ4n) is 3.50. The first-order valence-electron chi connectivity index (χ1n) is 9.33. The number of hydrogen-bond acceptors (Lipinski definition) is 4. The fraction of sp³-hybridized carbons (Fsp3) is 0.550. The molecule has 1 aromatic heterocycles. The molecule has 1 aromatic carbocycles. The van der Waals surface area contributed by atoms with Gasteiger partial charge in [0.1, 0.15) is 0 Å². The maximum absolute atomic E-state index is 9.23. The number of hydrogen-bond donors (Lipinski definition) is 1. The Bertz CT molecular complexity index is 679. The Kier molecular flexibility index (Phi) is 5.15. The maximum Gasteiger partial charge on any atom is 0.0681 e. The van der Waals surface area contributed by atoms with Crippen molar-refractivity contribution >= 4 is 0 Å². The van der Waals surface area contributed by atoms with Crippen molar-refractivity contribution in [2.75, 3.05) is 13.2 Å². The summed E-state index contributed by atoms with van der Waals surface area (Å²) < 4.78 is 8.16. The summed E-state index contributed by atoms with van der Waals surface area (Å²) in [6.07, 6.45) is 5.63. The minimum atomic E-state index is 0.0980. The molecule has 0 spiro atoms. The lowest BCUT2D eigenvalue weighted by molar-refractivity contribution is 0.0450.